The minimum atomic E-state index is -1.29. The molecule has 0 fully saturated rings. The molecule has 0 bridgehead atoms. The highest BCUT2D eigenvalue weighted by atomic mass is 35.5. The summed E-state index contributed by atoms with van der Waals surface area (Å²) in [6.07, 6.45) is 0. The van der Waals surface area contributed by atoms with Crippen molar-refractivity contribution in [3.8, 4) is 5.75 Å². The number of nitrogens with one attached hydrogen (secondary N) is 1. The van der Waals surface area contributed by atoms with E-state index in [0.717, 1.165) is 5.69 Å². The van der Waals surface area contributed by atoms with Crippen LogP contribution in [0, 0.1) is 0 Å². The molecule has 0 amide bonds. The molecule has 0 saturated heterocycles. The van der Waals surface area contributed by atoms with Gasteiger partial charge in [-0.15, -0.1) is 0 Å². The van der Waals surface area contributed by atoms with Crippen molar-refractivity contribution in [2.45, 2.75) is 9.79 Å². The van der Waals surface area contributed by atoms with Crippen LogP contribution in [0.5, 0.6) is 5.75 Å². The van der Waals surface area contributed by atoms with Gasteiger partial charge in [-0.05, 0) is 18.2 Å². The number of halogens is 1. The van der Waals surface area contributed by atoms with Crippen LogP contribution >= 0.6 is 11.6 Å². The van der Waals surface area contributed by atoms with E-state index >= 15 is 0 Å². The van der Waals surface area contributed by atoms with Crippen LogP contribution in [0.2, 0.25) is 5.02 Å². The van der Waals surface area contributed by atoms with Crippen LogP contribution in [0.15, 0.2) is 46.2 Å². The molecule has 5 heteroatoms. The van der Waals surface area contributed by atoms with Gasteiger partial charge < -0.3 is 10.4 Å². The standard InChI is InChI=1S/C12H8ClNO2S/c13-7-5-9-12(6-10(7)15)17(16)11-4-2-1-3-8(11)14-9/h1-6,14-15H. The van der Waals surface area contributed by atoms with Crippen molar-refractivity contribution in [1.29, 1.82) is 0 Å². The highest BCUT2D eigenvalue weighted by Gasteiger charge is 2.22. The van der Waals surface area contributed by atoms with Crippen LogP contribution in [0.1, 0.15) is 0 Å². The van der Waals surface area contributed by atoms with E-state index in [1.165, 1.54) is 6.07 Å². The first kappa shape index (κ1) is 10.6. The maximum absolute atomic E-state index is 12.3. The molecule has 0 radical (unpaired) electrons. The van der Waals surface area contributed by atoms with Crippen molar-refractivity contribution in [3.63, 3.8) is 0 Å². The predicted octanol–water partition coefficient (Wildman–Crippen LogP) is 3.27. The Morgan fingerprint density at radius 2 is 1.88 bits per heavy atom. The van der Waals surface area contributed by atoms with E-state index in [0.29, 0.717) is 15.5 Å². The molecule has 1 aliphatic heterocycles. The molecule has 1 heterocycles. The molecule has 1 unspecified atom stereocenters. The quantitative estimate of drug-likeness (QED) is 0.614. The number of benzene rings is 2. The molecule has 3 nitrogen and oxygen atoms in total. The number of para-hydroxylation sites is 1. The van der Waals surface area contributed by atoms with Gasteiger partial charge in [-0.2, -0.15) is 0 Å². The zero-order valence-electron chi connectivity index (χ0n) is 8.61. The second kappa shape index (κ2) is 3.75. The van der Waals surface area contributed by atoms with E-state index < -0.39 is 10.8 Å². The number of phenolic OH excluding ortho intramolecular Hbond substituents is 1. The van der Waals surface area contributed by atoms with Crippen molar-refractivity contribution < 1.29 is 9.32 Å². The van der Waals surface area contributed by atoms with E-state index in [9.17, 15) is 9.32 Å². The minimum Gasteiger partial charge on any atom is -0.506 e. The van der Waals surface area contributed by atoms with Crippen LogP contribution in [0.25, 0.3) is 0 Å². The van der Waals surface area contributed by atoms with E-state index in [1.807, 2.05) is 18.2 Å². The first-order chi connectivity index (χ1) is 8.16. The summed E-state index contributed by atoms with van der Waals surface area (Å²) >= 11 is 5.83. The van der Waals surface area contributed by atoms with E-state index in [1.54, 1.807) is 12.1 Å². The van der Waals surface area contributed by atoms with Gasteiger partial charge >= 0.3 is 0 Å². The fraction of sp³-hybridized carbons (Fsp3) is 0. The Kier molecular flexibility index (Phi) is 2.34. The number of phenols is 1. The third kappa shape index (κ3) is 1.61. The topological polar surface area (TPSA) is 49.3 Å². The van der Waals surface area contributed by atoms with Gasteiger partial charge in [-0.25, -0.2) is 4.21 Å². The summed E-state index contributed by atoms with van der Waals surface area (Å²) in [5, 5.41) is 12.9. The lowest BCUT2D eigenvalue weighted by molar-refractivity contribution is 0.474. The number of hydrogen-bond donors (Lipinski definition) is 2. The molecule has 86 valence electrons. The normalized spacial score (nSPS) is 16.9. The van der Waals surface area contributed by atoms with Crippen molar-refractivity contribution >= 4 is 33.8 Å². The number of rotatable bonds is 0. The summed E-state index contributed by atoms with van der Waals surface area (Å²) in [4.78, 5) is 1.26. The van der Waals surface area contributed by atoms with Crippen LogP contribution in [-0.4, -0.2) is 9.32 Å². The Morgan fingerprint density at radius 1 is 1.12 bits per heavy atom. The molecule has 17 heavy (non-hydrogen) atoms. The van der Waals surface area contributed by atoms with Gasteiger partial charge in [0.25, 0.3) is 0 Å². The first-order valence-corrected chi connectivity index (χ1v) is 6.50. The Bertz CT molecular complexity index is 642. The summed E-state index contributed by atoms with van der Waals surface area (Å²) in [6, 6.07) is 10.4. The lowest BCUT2D eigenvalue weighted by Crippen LogP contribution is -2.08. The molecule has 0 aliphatic carbocycles. The van der Waals surface area contributed by atoms with Gasteiger partial charge in [0.2, 0.25) is 0 Å². The van der Waals surface area contributed by atoms with Crippen LogP contribution in [0.4, 0.5) is 11.4 Å². The second-order valence-corrected chi connectivity index (χ2v) is 5.51. The monoisotopic (exact) mass is 265 g/mol. The largest absolute Gasteiger partial charge is 0.506 e. The average molecular weight is 266 g/mol. The molecule has 2 N–H and O–H groups in total. The zero-order chi connectivity index (χ0) is 12.0. The van der Waals surface area contributed by atoms with Gasteiger partial charge in [-0.1, -0.05) is 23.7 Å². The van der Waals surface area contributed by atoms with Crippen LogP contribution in [-0.2, 0) is 10.8 Å². The molecular weight excluding hydrogens is 258 g/mol. The van der Waals surface area contributed by atoms with Gasteiger partial charge in [0, 0.05) is 6.07 Å². The molecule has 0 saturated carbocycles. The van der Waals surface area contributed by atoms with Gasteiger partial charge in [0.05, 0.1) is 37.0 Å². The summed E-state index contributed by atoms with van der Waals surface area (Å²) in [6.45, 7) is 0. The molecule has 0 spiro atoms. The molecule has 3 rings (SSSR count). The fourth-order valence-electron chi connectivity index (χ4n) is 1.79. The summed E-state index contributed by atoms with van der Waals surface area (Å²) in [5.41, 5.74) is 1.48. The summed E-state index contributed by atoms with van der Waals surface area (Å²) in [5.74, 6) is -0.0556. The lowest BCUT2D eigenvalue weighted by atomic mass is 10.2. The maximum Gasteiger partial charge on any atom is 0.135 e. The first-order valence-electron chi connectivity index (χ1n) is 4.97. The van der Waals surface area contributed by atoms with E-state index in [-0.39, 0.29) is 10.8 Å². The molecule has 2 aromatic rings. The Morgan fingerprint density at radius 3 is 2.71 bits per heavy atom. The lowest BCUT2D eigenvalue weighted by Gasteiger charge is -2.21. The maximum atomic E-state index is 12.3. The van der Waals surface area contributed by atoms with Crippen LogP contribution < -0.4 is 5.32 Å². The van der Waals surface area contributed by atoms with E-state index in [2.05, 4.69) is 5.32 Å². The molecule has 0 aromatic heterocycles. The van der Waals surface area contributed by atoms with Gasteiger partial charge in [0.15, 0.2) is 0 Å². The molecular formula is C12H8ClNO2S. The number of aromatic hydroxyl groups is 1. The third-order valence-electron chi connectivity index (χ3n) is 2.60. The Labute approximate surface area is 106 Å². The molecule has 1 atom stereocenters. The molecule has 1 aliphatic rings. The summed E-state index contributed by atoms with van der Waals surface area (Å²) in [7, 11) is -1.29. The second-order valence-electron chi connectivity index (χ2n) is 3.69. The number of anilines is 2. The fourth-order valence-corrected chi connectivity index (χ4v) is 3.24. The number of fused-ring (bicyclic) bond motifs is 2. The molecule has 2 aromatic carbocycles. The number of hydrogen-bond acceptors (Lipinski definition) is 3. The third-order valence-corrected chi connectivity index (χ3v) is 4.40. The van der Waals surface area contributed by atoms with Gasteiger partial charge in [-0.3, -0.25) is 0 Å². The van der Waals surface area contributed by atoms with Crippen LogP contribution in [0.3, 0.4) is 0 Å². The van der Waals surface area contributed by atoms with Gasteiger partial charge in [0.1, 0.15) is 5.75 Å². The van der Waals surface area contributed by atoms with Crippen molar-refractivity contribution in [2.75, 3.05) is 5.32 Å². The van der Waals surface area contributed by atoms with Crippen molar-refractivity contribution in [2.24, 2.45) is 0 Å². The minimum absolute atomic E-state index is 0.0556. The predicted molar refractivity (Wildman–Crippen MR) is 67.5 cm³/mol. The highest BCUT2D eigenvalue weighted by molar-refractivity contribution is 7.85. The van der Waals surface area contributed by atoms with Crippen molar-refractivity contribution in [3.05, 3.63) is 41.4 Å². The SMILES string of the molecule is O=S1c2ccccc2Nc2cc(Cl)c(O)cc21. The van der Waals surface area contributed by atoms with E-state index in [4.69, 9.17) is 11.6 Å². The zero-order valence-corrected chi connectivity index (χ0v) is 10.2. The Balaban J connectivity index is 2.23. The Hall–Kier alpha value is -1.52. The average Bonchev–Trinajstić information content (AvgIpc) is 2.32. The highest BCUT2D eigenvalue weighted by Crippen LogP contribution is 2.40. The smallest absolute Gasteiger partial charge is 0.135 e. The summed E-state index contributed by atoms with van der Waals surface area (Å²) < 4.78 is 12.3. The van der Waals surface area contributed by atoms with Crippen molar-refractivity contribution in [1.82, 2.24) is 0 Å².